The van der Waals surface area contributed by atoms with Gasteiger partial charge in [0.1, 0.15) is 0 Å². The maximum atomic E-state index is 11.5. The first kappa shape index (κ1) is 14.2. The van der Waals surface area contributed by atoms with Gasteiger partial charge in [-0.25, -0.2) is 0 Å². The lowest BCUT2D eigenvalue weighted by Crippen LogP contribution is -2.16. The molecule has 0 unspecified atom stereocenters. The highest BCUT2D eigenvalue weighted by Gasteiger charge is 2.10. The summed E-state index contributed by atoms with van der Waals surface area (Å²) < 4.78 is 0. The molecule has 92 valence electrons. The van der Waals surface area contributed by atoms with Gasteiger partial charge in [-0.15, -0.1) is 11.8 Å². The fourth-order valence-corrected chi connectivity index (χ4v) is 2.05. The van der Waals surface area contributed by atoms with E-state index in [0.29, 0.717) is 15.7 Å². The van der Waals surface area contributed by atoms with E-state index in [9.17, 15) is 9.59 Å². The fraction of sp³-hybridized carbons (Fsp3) is 0.200. The second kappa shape index (κ2) is 6.74. The molecule has 0 fully saturated rings. The Bertz CT molecular complexity index is 419. The van der Waals surface area contributed by atoms with Crippen molar-refractivity contribution in [3.05, 3.63) is 28.2 Å². The highest BCUT2D eigenvalue weighted by molar-refractivity contribution is 8.00. The predicted octanol–water partition coefficient (Wildman–Crippen LogP) is 2.75. The number of anilines is 1. The van der Waals surface area contributed by atoms with E-state index in [0.717, 1.165) is 11.8 Å². The molecule has 0 aliphatic heterocycles. The number of para-hydroxylation sites is 1. The maximum Gasteiger partial charge on any atom is 0.313 e. The molecule has 7 heteroatoms. The summed E-state index contributed by atoms with van der Waals surface area (Å²) in [6.45, 7) is 0. The first-order valence-corrected chi connectivity index (χ1v) is 6.45. The highest BCUT2D eigenvalue weighted by Crippen LogP contribution is 2.29. The molecule has 0 bridgehead atoms. The van der Waals surface area contributed by atoms with Crippen LogP contribution in [0.3, 0.4) is 0 Å². The van der Waals surface area contributed by atoms with E-state index in [1.807, 2.05) is 0 Å². The van der Waals surface area contributed by atoms with Gasteiger partial charge in [-0.2, -0.15) is 0 Å². The van der Waals surface area contributed by atoms with Crippen molar-refractivity contribution in [3.63, 3.8) is 0 Å². The number of carboxylic acid groups (broad SMARTS) is 1. The van der Waals surface area contributed by atoms with Crippen molar-refractivity contribution in [1.29, 1.82) is 0 Å². The average Bonchev–Trinajstić information content (AvgIpc) is 2.23. The van der Waals surface area contributed by atoms with E-state index in [-0.39, 0.29) is 17.4 Å². The summed E-state index contributed by atoms with van der Waals surface area (Å²) in [4.78, 5) is 21.7. The Balaban J connectivity index is 2.53. The van der Waals surface area contributed by atoms with Crippen LogP contribution >= 0.6 is 35.0 Å². The molecule has 0 aromatic heterocycles. The van der Waals surface area contributed by atoms with Gasteiger partial charge in [-0.3, -0.25) is 9.59 Å². The van der Waals surface area contributed by atoms with Crippen LogP contribution in [-0.4, -0.2) is 28.5 Å². The molecule has 4 nitrogen and oxygen atoms in total. The van der Waals surface area contributed by atoms with Crippen molar-refractivity contribution in [2.24, 2.45) is 0 Å². The molecule has 2 N–H and O–H groups in total. The minimum absolute atomic E-state index is 0.0356. The van der Waals surface area contributed by atoms with E-state index in [2.05, 4.69) is 5.32 Å². The Morgan fingerprint density at radius 1 is 1.24 bits per heavy atom. The predicted molar refractivity (Wildman–Crippen MR) is 70.1 cm³/mol. The summed E-state index contributed by atoms with van der Waals surface area (Å²) in [5, 5.41) is 11.6. The summed E-state index contributed by atoms with van der Waals surface area (Å²) in [6.07, 6.45) is 0. The molecule has 0 aliphatic carbocycles. The average molecular weight is 294 g/mol. The summed E-state index contributed by atoms with van der Waals surface area (Å²) in [7, 11) is 0. The van der Waals surface area contributed by atoms with E-state index < -0.39 is 5.97 Å². The summed E-state index contributed by atoms with van der Waals surface area (Å²) >= 11 is 12.7. The van der Waals surface area contributed by atoms with Gasteiger partial charge in [0.05, 0.1) is 27.2 Å². The van der Waals surface area contributed by atoms with Crippen LogP contribution in [0.1, 0.15) is 0 Å². The summed E-state index contributed by atoms with van der Waals surface area (Å²) in [5.74, 6) is -1.39. The van der Waals surface area contributed by atoms with E-state index in [4.69, 9.17) is 28.3 Å². The summed E-state index contributed by atoms with van der Waals surface area (Å²) in [6, 6.07) is 4.88. The van der Waals surface area contributed by atoms with Gasteiger partial charge in [0.15, 0.2) is 0 Å². The third-order valence-corrected chi connectivity index (χ3v) is 3.23. The number of hydrogen-bond acceptors (Lipinski definition) is 3. The number of carboxylic acids is 1. The van der Waals surface area contributed by atoms with Crippen molar-refractivity contribution >= 4 is 52.5 Å². The van der Waals surface area contributed by atoms with E-state index in [1.165, 1.54) is 0 Å². The lowest BCUT2D eigenvalue weighted by molar-refractivity contribution is -0.133. The van der Waals surface area contributed by atoms with Crippen LogP contribution in [-0.2, 0) is 9.59 Å². The van der Waals surface area contributed by atoms with Gasteiger partial charge in [0, 0.05) is 0 Å². The van der Waals surface area contributed by atoms with Crippen molar-refractivity contribution in [3.8, 4) is 0 Å². The topological polar surface area (TPSA) is 66.4 Å². The number of carbonyl (C=O) groups is 2. The maximum absolute atomic E-state index is 11.5. The Morgan fingerprint density at radius 3 is 2.35 bits per heavy atom. The van der Waals surface area contributed by atoms with Crippen LogP contribution in [0.25, 0.3) is 0 Å². The Hall–Kier alpha value is -0.910. The molecule has 1 aromatic carbocycles. The number of amides is 1. The van der Waals surface area contributed by atoms with Crippen molar-refractivity contribution in [1.82, 2.24) is 0 Å². The second-order valence-corrected chi connectivity index (χ2v) is 4.83. The Kier molecular flexibility index (Phi) is 5.61. The van der Waals surface area contributed by atoms with Crippen LogP contribution in [0.15, 0.2) is 18.2 Å². The number of carbonyl (C=O) groups excluding carboxylic acids is 1. The smallest absolute Gasteiger partial charge is 0.313 e. The molecule has 0 atom stereocenters. The molecule has 17 heavy (non-hydrogen) atoms. The number of hydrogen-bond donors (Lipinski definition) is 2. The minimum Gasteiger partial charge on any atom is -0.481 e. The van der Waals surface area contributed by atoms with E-state index >= 15 is 0 Å². The van der Waals surface area contributed by atoms with Crippen LogP contribution in [0, 0.1) is 0 Å². The van der Waals surface area contributed by atoms with Gasteiger partial charge >= 0.3 is 5.97 Å². The molecular weight excluding hydrogens is 285 g/mol. The van der Waals surface area contributed by atoms with Crippen molar-refractivity contribution in [2.45, 2.75) is 0 Å². The number of nitrogens with one attached hydrogen (secondary N) is 1. The molecule has 0 spiro atoms. The molecule has 0 heterocycles. The number of benzene rings is 1. The lowest BCUT2D eigenvalue weighted by atomic mass is 10.3. The molecule has 0 saturated carbocycles. The largest absolute Gasteiger partial charge is 0.481 e. The Morgan fingerprint density at radius 2 is 1.82 bits per heavy atom. The van der Waals surface area contributed by atoms with Crippen LogP contribution in [0.5, 0.6) is 0 Å². The molecule has 1 aromatic rings. The van der Waals surface area contributed by atoms with Gasteiger partial charge in [-0.05, 0) is 12.1 Å². The Labute approximate surface area is 112 Å². The van der Waals surface area contributed by atoms with Crippen molar-refractivity contribution in [2.75, 3.05) is 16.8 Å². The third kappa shape index (κ3) is 4.85. The second-order valence-electron chi connectivity index (χ2n) is 3.03. The highest BCUT2D eigenvalue weighted by atomic mass is 35.5. The third-order valence-electron chi connectivity index (χ3n) is 1.69. The van der Waals surface area contributed by atoms with Gasteiger partial charge in [0.2, 0.25) is 5.91 Å². The van der Waals surface area contributed by atoms with Gasteiger partial charge in [-0.1, -0.05) is 29.3 Å². The fourth-order valence-electron chi connectivity index (χ4n) is 1.02. The van der Waals surface area contributed by atoms with Crippen LogP contribution < -0.4 is 5.32 Å². The molecule has 0 saturated heterocycles. The minimum atomic E-state index is -0.960. The molecule has 1 amide bonds. The zero-order valence-corrected chi connectivity index (χ0v) is 10.9. The first-order chi connectivity index (χ1) is 8.00. The van der Waals surface area contributed by atoms with Gasteiger partial charge < -0.3 is 10.4 Å². The van der Waals surface area contributed by atoms with Crippen LogP contribution in [0.2, 0.25) is 10.0 Å². The zero-order valence-electron chi connectivity index (χ0n) is 8.57. The molecule has 0 aliphatic rings. The number of rotatable bonds is 5. The van der Waals surface area contributed by atoms with Gasteiger partial charge in [0.25, 0.3) is 0 Å². The molecule has 1 rings (SSSR count). The van der Waals surface area contributed by atoms with E-state index in [1.54, 1.807) is 18.2 Å². The quantitative estimate of drug-likeness (QED) is 0.876. The normalized spacial score (nSPS) is 10.0. The SMILES string of the molecule is O=C(O)CSCC(=O)Nc1c(Cl)cccc1Cl. The standard InChI is InChI=1S/C10H9Cl2NO3S/c11-6-2-1-3-7(12)10(6)13-8(14)4-17-5-9(15)16/h1-3H,4-5H2,(H,13,14)(H,15,16). The molecular formula is C10H9Cl2NO3S. The monoisotopic (exact) mass is 293 g/mol. The van der Waals surface area contributed by atoms with Crippen molar-refractivity contribution < 1.29 is 14.7 Å². The summed E-state index contributed by atoms with van der Waals surface area (Å²) in [5.41, 5.74) is 0.344. The number of aliphatic carboxylic acids is 1. The first-order valence-electron chi connectivity index (χ1n) is 4.54. The zero-order chi connectivity index (χ0) is 12.8. The van der Waals surface area contributed by atoms with Crippen LogP contribution in [0.4, 0.5) is 5.69 Å². The number of halogens is 2. The lowest BCUT2D eigenvalue weighted by Gasteiger charge is -2.08. The molecule has 0 radical (unpaired) electrons. The number of thioether (sulfide) groups is 1.